The average molecular weight is 309 g/mol. The quantitative estimate of drug-likeness (QED) is 0.740. The minimum Gasteiger partial charge on any atom is -0.508 e. The second kappa shape index (κ2) is 5.17. The zero-order valence-electron chi connectivity index (χ0n) is 13.2. The van der Waals surface area contributed by atoms with E-state index >= 15 is 0 Å². The number of aromatic hydroxyl groups is 1. The molecule has 5 nitrogen and oxygen atoms in total. The van der Waals surface area contributed by atoms with Gasteiger partial charge in [0.2, 0.25) is 0 Å². The number of benzene rings is 1. The molecule has 1 aromatic carbocycles. The molecule has 0 amide bonds. The van der Waals surface area contributed by atoms with Crippen LogP contribution in [0.2, 0.25) is 0 Å². The molecule has 0 fully saturated rings. The summed E-state index contributed by atoms with van der Waals surface area (Å²) in [5.41, 5.74) is 8.47. The van der Waals surface area contributed by atoms with E-state index in [-0.39, 0.29) is 16.9 Å². The van der Waals surface area contributed by atoms with Crippen molar-refractivity contribution in [1.82, 2.24) is 5.32 Å². The van der Waals surface area contributed by atoms with E-state index in [1.54, 1.807) is 24.3 Å². The van der Waals surface area contributed by atoms with Gasteiger partial charge in [0, 0.05) is 17.7 Å². The van der Waals surface area contributed by atoms with E-state index in [2.05, 4.69) is 11.4 Å². The first kappa shape index (κ1) is 15.2. The minimum atomic E-state index is -0.472. The Hall–Kier alpha value is -2.74. The molecule has 1 aliphatic carbocycles. The molecule has 1 aromatic rings. The van der Waals surface area contributed by atoms with E-state index in [1.807, 2.05) is 13.8 Å². The highest BCUT2D eigenvalue weighted by atomic mass is 16.3. The molecule has 0 radical (unpaired) electrons. The van der Waals surface area contributed by atoms with E-state index in [0.29, 0.717) is 29.8 Å². The number of phenols is 1. The second-order valence-corrected chi connectivity index (χ2v) is 6.92. The lowest BCUT2D eigenvalue weighted by atomic mass is 9.69. The summed E-state index contributed by atoms with van der Waals surface area (Å²) in [6.45, 7) is 4.09. The molecule has 1 heterocycles. The first-order valence-electron chi connectivity index (χ1n) is 7.54. The van der Waals surface area contributed by atoms with Crippen LogP contribution >= 0.6 is 0 Å². The number of nitriles is 1. The number of hydrogen-bond acceptors (Lipinski definition) is 5. The highest BCUT2D eigenvalue weighted by molar-refractivity contribution is 6.00. The molecule has 0 spiro atoms. The Morgan fingerprint density at radius 1 is 1.30 bits per heavy atom. The van der Waals surface area contributed by atoms with E-state index in [1.165, 1.54) is 0 Å². The monoisotopic (exact) mass is 309 g/mol. The molecule has 1 unspecified atom stereocenters. The number of hydrogen-bond donors (Lipinski definition) is 3. The smallest absolute Gasteiger partial charge is 0.162 e. The number of carbonyl (C=O) groups is 1. The zero-order valence-corrected chi connectivity index (χ0v) is 13.2. The van der Waals surface area contributed by atoms with Crippen LogP contribution < -0.4 is 11.1 Å². The fraction of sp³-hybridized carbons (Fsp3) is 0.333. The van der Waals surface area contributed by atoms with Gasteiger partial charge in [-0.05, 0) is 29.5 Å². The standard InChI is InChI=1S/C18H19N3O2/c1-18(2)7-13-16(14(23)8-18)15(12(9-19)17(20)21-13)10-3-5-11(22)6-4-10/h3-6,15,21-22H,7-8,20H2,1-2H3. The molecule has 2 aliphatic rings. The third kappa shape index (κ3) is 2.57. The number of nitrogens with one attached hydrogen (secondary N) is 1. The van der Waals surface area contributed by atoms with Crippen LogP contribution in [0.15, 0.2) is 46.9 Å². The Morgan fingerprint density at radius 3 is 2.57 bits per heavy atom. The molecule has 23 heavy (non-hydrogen) atoms. The van der Waals surface area contributed by atoms with Gasteiger partial charge in [0.25, 0.3) is 0 Å². The summed E-state index contributed by atoms with van der Waals surface area (Å²) in [5.74, 6) is 0.0146. The Morgan fingerprint density at radius 2 is 1.96 bits per heavy atom. The van der Waals surface area contributed by atoms with Gasteiger partial charge in [-0.2, -0.15) is 5.26 Å². The molecule has 3 rings (SSSR count). The average Bonchev–Trinajstić information content (AvgIpc) is 2.45. The molecule has 0 aromatic heterocycles. The lowest BCUT2D eigenvalue weighted by Gasteiger charge is -2.38. The van der Waals surface area contributed by atoms with Gasteiger partial charge in [0.1, 0.15) is 11.6 Å². The van der Waals surface area contributed by atoms with Crippen molar-refractivity contribution >= 4 is 5.78 Å². The summed E-state index contributed by atoms with van der Waals surface area (Å²) in [7, 11) is 0. The van der Waals surface area contributed by atoms with Crippen molar-refractivity contribution in [2.45, 2.75) is 32.6 Å². The van der Waals surface area contributed by atoms with Crippen LogP contribution in [0.3, 0.4) is 0 Å². The number of allylic oxidation sites excluding steroid dienone is 3. The van der Waals surface area contributed by atoms with Crippen molar-refractivity contribution < 1.29 is 9.90 Å². The second-order valence-electron chi connectivity index (χ2n) is 6.92. The normalized spacial score (nSPS) is 23.2. The number of nitrogens with two attached hydrogens (primary N) is 1. The van der Waals surface area contributed by atoms with Crippen LogP contribution in [-0.2, 0) is 4.79 Å². The fourth-order valence-electron chi connectivity index (χ4n) is 3.44. The van der Waals surface area contributed by atoms with Crippen molar-refractivity contribution in [3.05, 3.63) is 52.5 Å². The first-order valence-corrected chi connectivity index (χ1v) is 7.54. The summed E-state index contributed by atoms with van der Waals surface area (Å²) in [5, 5.41) is 22.1. The zero-order chi connectivity index (χ0) is 16.8. The maximum Gasteiger partial charge on any atom is 0.162 e. The van der Waals surface area contributed by atoms with Crippen LogP contribution in [0.5, 0.6) is 5.75 Å². The van der Waals surface area contributed by atoms with Crippen molar-refractivity contribution in [3.8, 4) is 11.8 Å². The topological polar surface area (TPSA) is 99.1 Å². The first-order chi connectivity index (χ1) is 10.8. The maximum atomic E-state index is 12.7. The highest BCUT2D eigenvalue weighted by Crippen LogP contribution is 2.45. The molecule has 1 aliphatic heterocycles. The molecule has 0 bridgehead atoms. The molecular formula is C18H19N3O2. The number of dihydropyridines is 1. The summed E-state index contributed by atoms with van der Waals surface area (Å²) < 4.78 is 0. The molecule has 118 valence electrons. The van der Waals surface area contributed by atoms with Crippen LogP contribution in [0.1, 0.15) is 38.2 Å². The number of ketones is 1. The van der Waals surface area contributed by atoms with Gasteiger partial charge in [-0.3, -0.25) is 4.79 Å². The Labute approximate surface area is 135 Å². The molecular weight excluding hydrogens is 290 g/mol. The van der Waals surface area contributed by atoms with Crippen LogP contribution in [0.4, 0.5) is 0 Å². The number of carbonyl (C=O) groups excluding carboxylic acids is 1. The van der Waals surface area contributed by atoms with Gasteiger partial charge in [-0.25, -0.2) is 0 Å². The molecule has 1 atom stereocenters. The van der Waals surface area contributed by atoms with Gasteiger partial charge in [0.05, 0.1) is 17.6 Å². The van der Waals surface area contributed by atoms with Gasteiger partial charge in [-0.1, -0.05) is 26.0 Å². The third-order valence-electron chi connectivity index (χ3n) is 4.42. The number of rotatable bonds is 1. The van der Waals surface area contributed by atoms with E-state index in [0.717, 1.165) is 11.3 Å². The molecule has 0 saturated carbocycles. The SMILES string of the molecule is CC1(C)CC(=O)C2=C(C1)NC(N)=C(C#N)C2c1ccc(O)cc1. The fourth-order valence-corrected chi connectivity index (χ4v) is 3.44. The number of Topliss-reactive ketones (excluding diaryl/α,β-unsaturated/α-hetero) is 1. The highest BCUT2D eigenvalue weighted by Gasteiger charge is 2.41. The van der Waals surface area contributed by atoms with E-state index < -0.39 is 5.92 Å². The Bertz CT molecular complexity index is 779. The maximum absolute atomic E-state index is 12.7. The largest absolute Gasteiger partial charge is 0.508 e. The number of phenolic OH excluding ortho intramolecular Hbond substituents is 1. The Kier molecular flexibility index (Phi) is 3.41. The summed E-state index contributed by atoms with van der Waals surface area (Å²) >= 11 is 0. The summed E-state index contributed by atoms with van der Waals surface area (Å²) in [6, 6.07) is 8.71. The van der Waals surface area contributed by atoms with Crippen molar-refractivity contribution in [2.75, 3.05) is 0 Å². The van der Waals surface area contributed by atoms with E-state index in [9.17, 15) is 15.2 Å². The Balaban J connectivity index is 2.17. The van der Waals surface area contributed by atoms with E-state index in [4.69, 9.17) is 5.73 Å². The predicted molar refractivity (Wildman–Crippen MR) is 85.9 cm³/mol. The molecule has 4 N–H and O–H groups in total. The van der Waals surface area contributed by atoms with Crippen LogP contribution in [0.25, 0.3) is 0 Å². The minimum absolute atomic E-state index is 0.0436. The van der Waals surface area contributed by atoms with Gasteiger partial charge in [-0.15, -0.1) is 0 Å². The van der Waals surface area contributed by atoms with Crippen LogP contribution in [-0.4, -0.2) is 10.9 Å². The van der Waals surface area contributed by atoms with Gasteiger partial charge >= 0.3 is 0 Å². The predicted octanol–water partition coefficient (Wildman–Crippen LogP) is 2.42. The molecule has 5 heteroatoms. The van der Waals surface area contributed by atoms with Crippen molar-refractivity contribution in [1.29, 1.82) is 5.26 Å². The summed E-state index contributed by atoms with van der Waals surface area (Å²) in [4.78, 5) is 12.7. The third-order valence-corrected chi connectivity index (χ3v) is 4.42. The van der Waals surface area contributed by atoms with Crippen molar-refractivity contribution in [2.24, 2.45) is 11.1 Å². The van der Waals surface area contributed by atoms with Crippen molar-refractivity contribution in [3.63, 3.8) is 0 Å². The lowest BCUT2D eigenvalue weighted by Crippen LogP contribution is -2.39. The molecule has 0 saturated heterocycles. The summed E-state index contributed by atoms with van der Waals surface area (Å²) in [6.07, 6.45) is 1.16. The van der Waals surface area contributed by atoms with Gasteiger partial charge in [0.15, 0.2) is 5.78 Å². The lowest BCUT2D eigenvalue weighted by molar-refractivity contribution is -0.118. The van der Waals surface area contributed by atoms with Crippen LogP contribution in [0, 0.1) is 16.7 Å². The van der Waals surface area contributed by atoms with Gasteiger partial charge < -0.3 is 16.2 Å². The number of nitrogens with zero attached hydrogens (tertiary/aromatic N) is 1.